The maximum atomic E-state index is 12.5. The van der Waals surface area contributed by atoms with E-state index in [4.69, 9.17) is 30.5 Å². The number of non-ortho nitro benzene ring substituents is 1. The first-order valence-corrected chi connectivity index (χ1v) is 11.3. The number of ether oxygens (including phenoxy) is 4. The Hall–Kier alpha value is -4.37. The average Bonchev–Trinajstić information content (AvgIpc) is 2.91. The second-order valence-corrected chi connectivity index (χ2v) is 8.00. The molecule has 0 radical (unpaired) electrons. The predicted molar refractivity (Wildman–Crippen MR) is 143 cm³/mol. The van der Waals surface area contributed by atoms with Crippen molar-refractivity contribution in [1.82, 2.24) is 0 Å². The molecule has 0 saturated carbocycles. The van der Waals surface area contributed by atoms with Gasteiger partial charge >= 0.3 is 0 Å². The summed E-state index contributed by atoms with van der Waals surface area (Å²) in [4.78, 5) is 27.1. The fourth-order valence-electron chi connectivity index (χ4n) is 3.50. The molecule has 0 spiro atoms. The highest BCUT2D eigenvalue weighted by atomic mass is 35.5. The minimum absolute atomic E-state index is 0.00983. The maximum absolute atomic E-state index is 12.5. The molecule has 0 N–H and O–H groups in total. The molecule has 0 unspecified atom stereocenters. The van der Waals surface area contributed by atoms with Crippen LogP contribution >= 0.6 is 11.6 Å². The number of hydrogen-bond acceptors (Lipinski definition) is 8. The zero-order chi connectivity index (χ0) is 26.9. The second-order valence-electron chi connectivity index (χ2n) is 7.59. The number of benzene rings is 3. The number of nitrogens with zero attached hydrogens (tertiary/aromatic N) is 2. The summed E-state index contributed by atoms with van der Waals surface area (Å²) in [5, 5.41) is 11.1. The quantitative estimate of drug-likeness (QED) is 0.0934. The van der Waals surface area contributed by atoms with Gasteiger partial charge in [-0.1, -0.05) is 23.8 Å². The number of Topliss-reactive ketones (excluding diaryl/α,β-unsaturated/α-hetero) is 1. The van der Waals surface area contributed by atoms with Gasteiger partial charge in [-0.3, -0.25) is 19.9 Å². The van der Waals surface area contributed by atoms with Crippen molar-refractivity contribution in [2.45, 2.75) is 6.42 Å². The third-order valence-corrected chi connectivity index (χ3v) is 5.59. The van der Waals surface area contributed by atoms with Gasteiger partial charge in [0.1, 0.15) is 5.69 Å². The Morgan fingerprint density at radius 3 is 1.97 bits per heavy atom. The number of ketones is 1. The van der Waals surface area contributed by atoms with Crippen LogP contribution in [0.15, 0.2) is 53.5 Å². The van der Waals surface area contributed by atoms with Crippen LogP contribution in [0.1, 0.15) is 27.9 Å². The van der Waals surface area contributed by atoms with E-state index in [1.807, 2.05) is 24.3 Å². The first kappa shape index (κ1) is 27.2. The van der Waals surface area contributed by atoms with Gasteiger partial charge in [-0.25, -0.2) is 0 Å². The van der Waals surface area contributed by atoms with Crippen LogP contribution in [0.25, 0.3) is 12.2 Å². The first-order valence-electron chi connectivity index (χ1n) is 11.0. The van der Waals surface area contributed by atoms with Gasteiger partial charge in [0.2, 0.25) is 5.75 Å². The number of aliphatic imine (C=N–C) groups is 1. The molecule has 37 heavy (non-hydrogen) atoms. The van der Waals surface area contributed by atoms with Crippen LogP contribution < -0.4 is 18.9 Å². The Kier molecular flexibility index (Phi) is 9.23. The van der Waals surface area contributed by atoms with E-state index in [1.165, 1.54) is 44.7 Å². The molecule has 0 heterocycles. The van der Waals surface area contributed by atoms with Gasteiger partial charge in [-0.2, -0.15) is 0 Å². The number of methoxy groups -OCH3 is 4. The summed E-state index contributed by atoms with van der Waals surface area (Å²) < 4.78 is 21.5. The molecule has 0 aliphatic rings. The van der Waals surface area contributed by atoms with E-state index in [0.717, 1.165) is 11.1 Å². The maximum Gasteiger partial charge on any atom is 0.269 e. The molecule has 192 valence electrons. The van der Waals surface area contributed by atoms with E-state index < -0.39 is 4.92 Å². The molecule has 0 bridgehead atoms. The lowest BCUT2D eigenvalue weighted by Gasteiger charge is -2.13. The van der Waals surface area contributed by atoms with Gasteiger partial charge in [-0.15, -0.1) is 0 Å². The summed E-state index contributed by atoms with van der Waals surface area (Å²) >= 11 is 6.42. The SMILES string of the molecule is COc1cc(/C=C\c2cc(Cl)c(OC)c(N=CCC(=O)c3ccc([N+](=O)[O-])cc3)c2)cc(OC)c1OC. The van der Waals surface area contributed by atoms with Crippen molar-refractivity contribution in [3.8, 4) is 23.0 Å². The molecular weight excluding hydrogens is 500 g/mol. The van der Waals surface area contributed by atoms with E-state index in [9.17, 15) is 14.9 Å². The molecule has 3 rings (SSSR count). The number of halogens is 1. The van der Waals surface area contributed by atoms with E-state index in [1.54, 1.807) is 26.4 Å². The Labute approximate surface area is 219 Å². The summed E-state index contributed by atoms with van der Waals surface area (Å²) in [6, 6.07) is 12.5. The Bertz CT molecular complexity index is 1330. The fourth-order valence-corrected chi connectivity index (χ4v) is 3.80. The number of nitro benzene ring substituents is 1. The standard InChI is InChI=1S/C27H25ClN2O7/c1-34-24-15-18(16-25(35-2)27(24)37-4)6-5-17-13-21(28)26(36-3)22(14-17)29-12-11-23(31)19-7-9-20(10-8-19)30(32)33/h5-10,12-16H,11H2,1-4H3/b6-5-,29-12?. The van der Waals surface area contributed by atoms with Gasteiger partial charge in [0.25, 0.3) is 5.69 Å². The minimum atomic E-state index is -0.519. The molecule has 3 aromatic rings. The van der Waals surface area contributed by atoms with Crippen molar-refractivity contribution in [3.63, 3.8) is 0 Å². The third-order valence-electron chi connectivity index (χ3n) is 5.31. The number of nitro groups is 1. The fraction of sp³-hybridized carbons (Fsp3) is 0.185. The van der Waals surface area contributed by atoms with Crippen molar-refractivity contribution in [2.75, 3.05) is 28.4 Å². The van der Waals surface area contributed by atoms with Crippen molar-refractivity contribution in [1.29, 1.82) is 0 Å². The normalized spacial score (nSPS) is 11.1. The van der Waals surface area contributed by atoms with E-state index in [2.05, 4.69) is 4.99 Å². The molecular formula is C27H25ClN2O7. The van der Waals surface area contributed by atoms with E-state index in [0.29, 0.717) is 39.3 Å². The van der Waals surface area contributed by atoms with Crippen LogP contribution in [0, 0.1) is 10.1 Å². The van der Waals surface area contributed by atoms with Gasteiger partial charge in [0.15, 0.2) is 23.0 Å². The number of rotatable bonds is 11. The molecule has 0 amide bonds. The molecule has 9 nitrogen and oxygen atoms in total. The van der Waals surface area contributed by atoms with Gasteiger partial charge < -0.3 is 18.9 Å². The molecule has 0 fully saturated rings. The van der Waals surface area contributed by atoms with Crippen LogP contribution in [-0.4, -0.2) is 45.4 Å². The van der Waals surface area contributed by atoms with Crippen molar-refractivity contribution in [2.24, 2.45) is 4.99 Å². The molecule has 0 aromatic heterocycles. The van der Waals surface area contributed by atoms with E-state index in [-0.39, 0.29) is 17.9 Å². The van der Waals surface area contributed by atoms with Crippen LogP contribution in [0.4, 0.5) is 11.4 Å². The topological polar surface area (TPSA) is 109 Å². The second kappa shape index (κ2) is 12.5. The predicted octanol–water partition coefficient (Wildman–Crippen LogP) is 6.43. The molecule has 0 aliphatic carbocycles. The lowest BCUT2D eigenvalue weighted by atomic mass is 10.1. The number of carbonyl (C=O) groups excluding carboxylic acids is 1. The third kappa shape index (κ3) is 6.65. The zero-order valence-corrected chi connectivity index (χ0v) is 21.4. The highest BCUT2D eigenvalue weighted by Gasteiger charge is 2.13. The van der Waals surface area contributed by atoms with Crippen LogP contribution in [-0.2, 0) is 0 Å². The molecule has 0 aliphatic heterocycles. The largest absolute Gasteiger partial charge is 0.493 e. The summed E-state index contributed by atoms with van der Waals surface area (Å²) in [6.45, 7) is 0. The summed E-state index contributed by atoms with van der Waals surface area (Å²) in [5.74, 6) is 1.68. The average molecular weight is 525 g/mol. The smallest absolute Gasteiger partial charge is 0.269 e. The molecule has 0 saturated heterocycles. The van der Waals surface area contributed by atoms with Gasteiger partial charge in [0.05, 0.1) is 38.4 Å². The van der Waals surface area contributed by atoms with Crippen molar-refractivity contribution >= 4 is 47.1 Å². The van der Waals surface area contributed by atoms with Crippen molar-refractivity contribution < 1.29 is 28.7 Å². The molecule has 3 aromatic carbocycles. The van der Waals surface area contributed by atoms with Gasteiger partial charge in [0, 0.05) is 30.3 Å². The summed E-state index contributed by atoms with van der Waals surface area (Å²) in [6.07, 6.45) is 5.13. The highest BCUT2D eigenvalue weighted by Crippen LogP contribution is 2.39. The van der Waals surface area contributed by atoms with Gasteiger partial charge in [-0.05, 0) is 47.5 Å². The monoisotopic (exact) mass is 524 g/mol. The highest BCUT2D eigenvalue weighted by molar-refractivity contribution is 6.32. The number of carbonyl (C=O) groups is 1. The Morgan fingerprint density at radius 2 is 1.46 bits per heavy atom. The van der Waals surface area contributed by atoms with Crippen LogP contribution in [0.2, 0.25) is 5.02 Å². The zero-order valence-electron chi connectivity index (χ0n) is 20.7. The number of hydrogen-bond donors (Lipinski definition) is 0. The minimum Gasteiger partial charge on any atom is -0.493 e. The van der Waals surface area contributed by atoms with Crippen LogP contribution in [0.5, 0.6) is 23.0 Å². The molecule has 0 atom stereocenters. The molecule has 10 heteroatoms. The lowest BCUT2D eigenvalue weighted by Crippen LogP contribution is -2.00. The van der Waals surface area contributed by atoms with E-state index >= 15 is 0 Å². The Balaban J connectivity index is 1.83. The lowest BCUT2D eigenvalue weighted by molar-refractivity contribution is -0.384. The van der Waals surface area contributed by atoms with Crippen molar-refractivity contribution in [3.05, 3.63) is 80.4 Å². The first-order chi connectivity index (χ1) is 17.8. The van der Waals surface area contributed by atoms with Crippen LogP contribution in [0.3, 0.4) is 0 Å². The summed E-state index contributed by atoms with van der Waals surface area (Å²) in [5.41, 5.74) is 2.26. The summed E-state index contributed by atoms with van der Waals surface area (Å²) in [7, 11) is 6.11. The Morgan fingerprint density at radius 1 is 0.892 bits per heavy atom.